The summed E-state index contributed by atoms with van der Waals surface area (Å²) in [5.41, 5.74) is 1.95. The number of ether oxygens (including phenoxy) is 2. The molecule has 0 aromatic heterocycles. The molecule has 0 saturated carbocycles. The van der Waals surface area contributed by atoms with Gasteiger partial charge in [-0.2, -0.15) is 0 Å². The van der Waals surface area contributed by atoms with Gasteiger partial charge in [-0.25, -0.2) is 4.79 Å². The van der Waals surface area contributed by atoms with Crippen molar-refractivity contribution in [3.05, 3.63) is 64.1 Å². The lowest BCUT2D eigenvalue weighted by atomic mass is 9.98. The van der Waals surface area contributed by atoms with Crippen molar-refractivity contribution < 1.29 is 19.1 Å². The SMILES string of the molecule is COc1ccc(C(NC(=O)CCCN2CCOC2=O)c2ccccc2)cc1Br. The number of halogens is 1. The smallest absolute Gasteiger partial charge is 0.409 e. The van der Waals surface area contributed by atoms with E-state index in [1.54, 1.807) is 12.0 Å². The first-order valence-corrected chi connectivity index (χ1v) is 9.97. The Morgan fingerprint density at radius 1 is 1.25 bits per heavy atom. The molecule has 2 aromatic rings. The van der Waals surface area contributed by atoms with Gasteiger partial charge in [0.05, 0.1) is 24.2 Å². The first kappa shape index (κ1) is 20.2. The van der Waals surface area contributed by atoms with Gasteiger partial charge in [-0.15, -0.1) is 0 Å². The minimum absolute atomic E-state index is 0.0617. The van der Waals surface area contributed by atoms with E-state index < -0.39 is 0 Å². The highest BCUT2D eigenvalue weighted by molar-refractivity contribution is 9.10. The van der Waals surface area contributed by atoms with Crippen LogP contribution in [0.3, 0.4) is 0 Å². The van der Waals surface area contributed by atoms with E-state index in [2.05, 4.69) is 21.2 Å². The molecule has 1 fully saturated rings. The molecule has 1 N–H and O–H groups in total. The quantitative estimate of drug-likeness (QED) is 0.667. The maximum Gasteiger partial charge on any atom is 0.409 e. The molecule has 0 aliphatic carbocycles. The van der Waals surface area contributed by atoms with Gasteiger partial charge in [-0.3, -0.25) is 4.79 Å². The number of carbonyl (C=O) groups excluding carboxylic acids is 2. The Morgan fingerprint density at radius 3 is 2.68 bits per heavy atom. The highest BCUT2D eigenvalue weighted by Gasteiger charge is 2.22. The number of carbonyl (C=O) groups is 2. The van der Waals surface area contributed by atoms with Gasteiger partial charge in [0.25, 0.3) is 0 Å². The largest absolute Gasteiger partial charge is 0.496 e. The summed E-state index contributed by atoms with van der Waals surface area (Å²) in [6, 6.07) is 15.3. The maximum absolute atomic E-state index is 12.6. The maximum atomic E-state index is 12.6. The van der Waals surface area contributed by atoms with Gasteiger partial charge in [-0.05, 0) is 45.6 Å². The van der Waals surface area contributed by atoms with Crippen LogP contribution < -0.4 is 10.1 Å². The number of benzene rings is 2. The van der Waals surface area contributed by atoms with Gasteiger partial charge in [-0.1, -0.05) is 36.4 Å². The van der Waals surface area contributed by atoms with E-state index in [1.807, 2.05) is 48.5 Å². The molecule has 1 aliphatic heterocycles. The Labute approximate surface area is 172 Å². The van der Waals surface area contributed by atoms with Gasteiger partial charge in [0, 0.05) is 13.0 Å². The summed E-state index contributed by atoms with van der Waals surface area (Å²) in [5, 5.41) is 3.12. The van der Waals surface area contributed by atoms with E-state index in [1.165, 1.54) is 0 Å². The molecule has 0 bridgehead atoms. The van der Waals surface area contributed by atoms with Crippen LogP contribution >= 0.6 is 15.9 Å². The fraction of sp³-hybridized carbons (Fsp3) is 0.333. The number of hydrogen-bond donors (Lipinski definition) is 1. The van der Waals surface area contributed by atoms with Crippen LogP contribution in [0.5, 0.6) is 5.75 Å². The summed E-state index contributed by atoms with van der Waals surface area (Å²) < 4.78 is 11.0. The highest BCUT2D eigenvalue weighted by Crippen LogP contribution is 2.30. The summed E-state index contributed by atoms with van der Waals surface area (Å²) >= 11 is 3.51. The fourth-order valence-electron chi connectivity index (χ4n) is 3.16. The van der Waals surface area contributed by atoms with Crippen LogP contribution in [0.25, 0.3) is 0 Å². The number of nitrogens with one attached hydrogen (secondary N) is 1. The summed E-state index contributed by atoms with van der Waals surface area (Å²) in [5.74, 6) is 0.674. The molecule has 2 amide bonds. The highest BCUT2D eigenvalue weighted by atomic mass is 79.9. The van der Waals surface area contributed by atoms with Crippen LogP contribution in [0.2, 0.25) is 0 Å². The Morgan fingerprint density at radius 2 is 2.04 bits per heavy atom. The minimum atomic E-state index is -0.300. The summed E-state index contributed by atoms with van der Waals surface area (Å²) in [4.78, 5) is 25.7. The van der Waals surface area contributed by atoms with Crippen LogP contribution in [-0.2, 0) is 9.53 Å². The Kier molecular flexibility index (Phi) is 6.92. The number of cyclic esters (lactones) is 1. The molecule has 0 radical (unpaired) electrons. The number of amides is 2. The minimum Gasteiger partial charge on any atom is -0.496 e. The van der Waals surface area contributed by atoms with E-state index in [4.69, 9.17) is 9.47 Å². The van der Waals surface area contributed by atoms with Gasteiger partial charge in [0.15, 0.2) is 0 Å². The van der Waals surface area contributed by atoms with Crippen LogP contribution in [0.1, 0.15) is 30.0 Å². The summed E-state index contributed by atoms with van der Waals surface area (Å²) in [7, 11) is 1.62. The van der Waals surface area contributed by atoms with Crippen LogP contribution in [0, 0.1) is 0 Å². The summed E-state index contributed by atoms with van der Waals surface area (Å²) in [6.45, 7) is 1.54. The van der Waals surface area contributed by atoms with E-state index in [-0.39, 0.29) is 18.0 Å². The van der Waals surface area contributed by atoms with Gasteiger partial charge in [0.2, 0.25) is 5.91 Å². The van der Waals surface area contributed by atoms with Gasteiger partial charge < -0.3 is 19.7 Å². The molecule has 3 rings (SSSR count). The monoisotopic (exact) mass is 446 g/mol. The Bertz CT molecular complexity index is 828. The van der Waals surface area contributed by atoms with Crippen LogP contribution in [0.15, 0.2) is 53.0 Å². The second kappa shape index (κ2) is 9.59. The molecule has 1 unspecified atom stereocenters. The van der Waals surface area contributed by atoms with Crippen molar-refractivity contribution >= 4 is 27.9 Å². The third kappa shape index (κ3) is 5.04. The van der Waals surface area contributed by atoms with Crippen molar-refractivity contribution in [2.24, 2.45) is 0 Å². The molecule has 28 heavy (non-hydrogen) atoms. The Balaban J connectivity index is 1.68. The molecule has 1 saturated heterocycles. The third-order valence-electron chi connectivity index (χ3n) is 4.62. The van der Waals surface area contributed by atoms with Crippen LogP contribution in [0.4, 0.5) is 4.79 Å². The zero-order chi connectivity index (χ0) is 19.9. The fourth-order valence-corrected chi connectivity index (χ4v) is 3.72. The summed E-state index contributed by atoms with van der Waals surface area (Å²) in [6.07, 6.45) is 0.629. The average molecular weight is 447 g/mol. The van der Waals surface area contributed by atoms with Crippen LogP contribution in [-0.4, -0.2) is 43.7 Å². The van der Waals surface area contributed by atoms with Gasteiger partial charge >= 0.3 is 6.09 Å². The molecular formula is C21H23BrN2O4. The standard InChI is InChI=1S/C21H23BrN2O4/c1-27-18-10-9-16(14-17(18)22)20(15-6-3-2-4-7-15)23-19(25)8-5-11-24-12-13-28-21(24)26/h2-4,6-7,9-10,14,20H,5,8,11-13H2,1H3,(H,23,25). The molecule has 1 aliphatic rings. The van der Waals surface area contributed by atoms with Crippen molar-refractivity contribution in [1.82, 2.24) is 10.2 Å². The molecule has 6 nitrogen and oxygen atoms in total. The number of rotatable bonds is 8. The molecular weight excluding hydrogens is 424 g/mol. The molecule has 0 spiro atoms. The predicted octanol–water partition coefficient (Wildman–Crippen LogP) is 3.90. The van der Waals surface area contributed by atoms with Crippen molar-refractivity contribution in [2.75, 3.05) is 26.8 Å². The zero-order valence-corrected chi connectivity index (χ0v) is 17.3. The normalized spacial score (nSPS) is 14.5. The third-order valence-corrected chi connectivity index (χ3v) is 5.24. The molecule has 2 aromatic carbocycles. The van der Waals surface area contributed by atoms with Crippen molar-refractivity contribution in [3.8, 4) is 5.75 Å². The Hall–Kier alpha value is -2.54. The lowest BCUT2D eigenvalue weighted by Gasteiger charge is -2.21. The van der Waals surface area contributed by atoms with Crippen molar-refractivity contribution in [2.45, 2.75) is 18.9 Å². The van der Waals surface area contributed by atoms with Gasteiger partial charge in [0.1, 0.15) is 12.4 Å². The lowest BCUT2D eigenvalue weighted by Crippen LogP contribution is -2.31. The molecule has 1 heterocycles. The molecule has 7 heteroatoms. The first-order chi connectivity index (χ1) is 13.6. The zero-order valence-electron chi connectivity index (χ0n) is 15.7. The van der Waals surface area contributed by atoms with Crippen molar-refractivity contribution in [1.29, 1.82) is 0 Å². The predicted molar refractivity (Wildman–Crippen MR) is 109 cm³/mol. The van der Waals surface area contributed by atoms with E-state index in [9.17, 15) is 9.59 Å². The molecule has 1 atom stereocenters. The number of nitrogens with zero attached hydrogens (tertiary/aromatic N) is 1. The van der Waals surface area contributed by atoms with E-state index >= 15 is 0 Å². The molecule has 148 valence electrons. The first-order valence-electron chi connectivity index (χ1n) is 9.18. The van der Waals surface area contributed by atoms with E-state index in [0.717, 1.165) is 21.3 Å². The number of methoxy groups -OCH3 is 1. The average Bonchev–Trinajstić information content (AvgIpc) is 3.11. The second-order valence-corrected chi connectivity index (χ2v) is 7.36. The lowest BCUT2D eigenvalue weighted by molar-refractivity contribution is -0.121. The second-order valence-electron chi connectivity index (χ2n) is 6.51. The van der Waals surface area contributed by atoms with E-state index in [0.29, 0.717) is 32.5 Å². The van der Waals surface area contributed by atoms with Crippen molar-refractivity contribution in [3.63, 3.8) is 0 Å². The topological polar surface area (TPSA) is 67.9 Å². The number of hydrogen-bond acceptors (Lipinski definition) is 4.